The predicted molar refractivity (Wildman–Crippen MR) is 127 cm³/mol. The molecular weight excluding hydrogens is 467 g/mol. The molecule has 3 aliphatic heterocycles. The Kier molecular flexibility index (Phi) is 5.07. The van der Waals surface area contributed by atoms with Gasteiger partial charge in [-0.3, -0.25) is 9.69 Å². The summed E-state index contributed by atoms with van der Waals surface area (Å²) < 4.78 is 31.4. The van der Waals surface area contributed by atoms with E-state index < -0.39 is 22.8 Å². The SMILES string of the molecule is N#CC1=C(N)Oc2c(c(=O)oc3ccccc23)[C@@]12C(=O)N(CCN1CCOCC1)c1ccc(F)cc12. The van der Waals surface area contributed by atoms with Gasteiger partial charge in [0, 0.05) is 37.4 Å². The monoisotopic (exact) mass is 488 g/mol. The molecular formula is C26H21FN4O5. The average Bonchev–Trinajstić information content (AvgIpc) is 3.11. The fourth-order valence-electron chi connectivity index (χ4n) is 5.40. The van der Waals surface area contributed by atoms with Crippen LogP contribution in [0, 0.1) is 17.1 Å². The van der Waals surface area contributed by atoms with Crippen LogP contribution >= 0.6 is 0 Å². The summed E-state index contributed by atoms with van der Waals surface area (Å²) in [6.07, 6.45) is 0. The van der Waals surface area contributed by atoms with E-state index in [-0.39, 0.29) is 40.5 Å². The van der Waals surface area contributed by atoms with E-state index in [1.54, 1.807) is 24.3 Å². The Morgan fingerprint density at radius 3 is 2.67 bits per heavy atom. The Bertz CT molecular complexity index is 1550. The largest absolute Gasteiger partial charge is 0.439 e. The molecule has 6 rings (SSSR count). The molecule has 1 saturated heterocycles. The summed E-state index contributed by atoms with van der Waals surface area (Å²) in [5.41, 5.74) is 3.68. The molecule has 182 valence electrons. The van der Waals surface area contributed by atoms with Crippen molar-refractivity contribution in [3.05, 3.63) is 81.3 Å². The van der Waals surface area contributed by atoms with Gasteiger partial charge in [-0.15, -0.1) is 0 Å². The van der Waals surface area contributed by atoms with Crippen LogP contribution in [0.3, 0.4) is 0 Å². The molecule has 10 heteroatoms. The van der Waals surface area contributed by atoms with Crippen LogP contribution in [0.1, 0.15) is 11.1 Å². The van der Waals surface area contributed by atoms with Crippen LogP contribution in [0.15, 0.2) is 63.1 Å². The highest BCUT2D eigenvalue weighted by Crippen LogP contribution is 2.55. The minimum atomic E-state index is -2.00. The number of fused-ring (bicyclic) bond motifs is 6. The Morgan fingerprint density at radius 1 is 1.11 bits per heavy atom. The lowest BCUT2D eigenvalue weighted by Gasteiger charge is -2.34. The van der Waals surface area contributed by atoms with Gasteiger partial charge in [-0.2, -0.15) is 5.26 Å². The van der Waals surface area contributed by atoms with E-state index in [2.05, 4.69) is 4.90 Å². The van der Waals surface area contributed by atoms with Gasteiger partial charge >= 0.3 is 5.63 Å². The number of benzene rings is 2. The van der Waals surface area contributed by atoms with Gasteiger partial charge < -0.3 is 24.5 Å². The Morgan fingerprint density at radius 2 is 1.89 bits per heavy atom. The molecule has 2 N–H and O–H groups in total. The van der Waals surface area contributed by atoms with Crippen molar-refractivity contribution in [3.63, 3.8) is 0 Å². The minimum absolute atomic E-state index is 0.0249. The molecule has 0 saturated carbocycles. The van der Waals surface area contributed by atoms with Crippen LogP contribution < -0.4 is 21.0 Å². The normalized spacial score (nSPS) is 21.4. The maximum absolute atomic E-state index is 14.7. The molecule has 3 aromatic rings. The second-order valence-electron chi connectivity index (χ2n) is 8.87. The summed E-state index contributed by atoms with van der Waals surface area (Å²) in [5, 5.41) is 10.6. The van der Waals surface area contributed by atoms with Gasteiger partial charge in [0.15, 0.2) is 11.2 Å². The van der Waals surface area contributed by atoms with Crippen molar-refractivity contribution in [1.82, 2.24) is 4.90 Å². The number of amides is 1. The fourth-order valence-corrected chi connectivity index (χ4v) is 5.40. The number of ether oxygens (including phenoxy) is 2. The topological polar surface area (TPSA) is 122 Å². The molecule has 0 radical (unpaired) electrons. The smallest absolute Gasteiger partial charge is 0.345 e. The molecule has 1 fully saturated rings. The molecule has 1 spiro atoms. The first-order valence-electron chi connectivity index (χ1n) is 11.5. The van der Waals surface area contributed by atoms with E-state index in [1.807, 2.05) is 6.07 Å². The zero-order valence-electron chi connectivity index (χ0n) is 19.1. The van der Waals surface area contributed by atoms with Crippen molar-refractivity contribution >= 4 is 22.6 Å². The average molecular weight is 488 g/mol. The highest BCUT2D eigenvalue weighted by molar-refractivity contribution is 6.14. The maximum Gasteiger partial charge on any atom is 0.345 e. The van der Waals surface area contributed by atoms with Crippen molar-refractivity contribution in [1.29, 1.82) is 5.26 Å². The molecule has 36 heavy (non-hydrogen) atoms. The summed E-state index contributed by atoms with van der Waals surface area (Å²) >= 11 is 0. The molecule has 1 aromatic heterocycles. The van der Waals surface area contributed by atoms with E-state index in [9.17, 15) is 19.2 Å². The van der Waals surface area contributed by atoms with E-state index >= 15 is 0 Å². The Balaban J connectivity index is 1.61. The van der Waals surface area contributed by atoms with Crippen LogP contribution in [-0.2, 0) is 14.9 Å². The quantitative estimate of drug-likeness (QED) is 0.556. The lowest BCUT2D eigenvalue weighted by molar-refractivity contribution is -0.121. The lowest BCUT2D eigenvalue weighted by atomic mass is 9.69. The van der Waals surface area contributed by atoms with Gasteiger partial charge in [0.25, 0.3) is 0 Å². The molecule has 1 atom stereocenters. The van der Waals surface area contributed by atoms with E-state index in [1.165, 1.54) is 23.1 Å². The third-order valence-corrected chi connectivity index (χ3v) is 7.05. The van der Waals surface area contributed by atoms with E-state index in [0.29, 0.717) is 43.9 Å². The number of morpholine rings is 1. The molecule has 0 unspecified atom stereocenters. The van der Waals surface area contributed by atoms with Gasteiger partial charge in [-0.1, -0.05) is 12.1 Å². The number of rotatable bonds is 3. The van der Waals surface area contributed by atoms with Gasteiger partial charge in [-0.25, -0.2) is 9.18 Å². The molecule has 9 nitrogen and oxygen atoms in total. The number of nitrogens with two attached hydrogens (primary N) is 1. The van der Waals surface area contributed by atoms with Crippen molar-refractivity contribution in [3.8, 4) is 11.8 Å². The molecule has 2 aromatic carbocycles. The highest BCUT2D eigenvalue weighted by atomic mass is 19.1. The standard InChI is InChI=1S/C26H21FN4O5/c27-15-5-6-19-17(13-15)26(25(33)31(19)8-7-30-9-11-34-12-10-30)18(14-28)23(29)36-22-16-3-1-2-4-20(16)35-24(32)21(22)26/h1-6,13H,7-12,29H2/t26-/m0/s1. The van der Waals surface area contributed by atoms with E-state index in [0.717, 1.165) is 0 Å². The van der Waals surface area contributed by atoms with Crippen molar-refractivity contribution in [2.45, 2.75) is 5.41 Å². The zero-order valence-corrected chi connectivity index (χ0v) is 19.1. The van der Waals surface area contributed by atoms with Gasteiger partial charge in [-0.05, 0) is 30.3 Å². The van der Waals surface area contributed by atoms with Gasteiger partial charge in [0.05, 0.1) is 18.6 Å². The molecule has 3 aliphatic rings. The lowest BCUT2D eigenvalue weighted by Crippen LogP contribution is -2.50. The number of hydrogen-bond acceptors (Lipinski definition) is 8. The highest BCUT2D eigenvalue weighted by Gasteiger charge is 2.61. The summed E-state index contributed by atoms with van der Waals surface area (Å²) in [5.74, 6) is -1.50. The number of hydrogen-bond donors (Lipinski definition) is 1. The minimum Gasteiger partial charge on any atom is -0.439 e. The third kappa shape index (κ3) is 3.00. The number of nitrogens with zero attached hydrogens (tertiary/aromatic N) is 3. The number of carbonyl (C=O) groups excluding carboxylic acids is 1. The van der Waals surface area contributed by atoms with E-state index in [4.69, 9.17) is 19.6 Å². The van der Waals surface area contributed by atoms with Crippen molar-refractivity contribution in [2.75, 3.05) is 44.3 Å². The third-order valence-electron chi connectivity index (χ3n) is 7.05. The maximum atomic E-state index is 14.7. The summed E-state index contributed by atoms with van der Waals surface area (Å²) in [4.78, 5) is 31.5. The van der Waals surface area contributed by atoms with Crippen molar-refractivity contribution < 1.29 is 23.1 Å². The molecule has 0 bridgehead atoms. The Hall–Kier alpha value is -4.20. The van der Waals surface area contributed by atoms with Crippen LogP contribution in [0.5, 0.6) is 5.75 Å². The van der Waals surface area contributed by atoms with Crippen molar-refractivity contribution in [2.24, 2.45) is 5.73 Å². The first-order valence-corrected chi connectivity index (χ1v) is 11.5. The second kappa shape index (κ2) is 8.19. The summed E-state index contributed by atoms with van der Waals surface area (Å²) in [6.45, 7) is 3.40. The van der Waals surface area contributed by atoms with Gasteiger partial charge in [0.2, 0.25) is 11.8 Å². The number of para-hydroxylation sites is 1. The first kappa shape index (κ1) is 22.3. The van der Waals surface area contributed by atoms with Crippen LogP contribution in [0.2, 0.25) is 0 Å². The van der Waals surface area contributed by atoms with Gasteiger partial charge in [0.1, 0.15) is 28.6 Å². The molecule has 0 aliphatic carbocycles. The number of halogens is 1. The van der Waals surface area contributed by atoms with Crippen LogP contribution in [-0.4, -0.2) is 50.2 Å². The molecule has 1 amide bonds. The fraction of sp³-hybridized carbons (Fsp3) is 0.269. The number of carbonyl (C=O) groups is 1. The van der Waals surface area contributed by atoms with Crippen LogP contribution in [0.4, 0.5) is 10.1 Å². The van der Waals surface area contributed by atoms with Crippen LogP contribution in [0.25, 0.3) is 11.0 Å². The number of anilines is 1. The molecule has 4 heterocycles. The summed E-state index contributed by atoms with van der Waals surface area (Å²) in [7, 11) is 0. The predicted octanol–water partition coefficient (Wildman–Crippen LogP) is 1.98. The summed E-state index contributed by atoms with van der Waals surface area (Å²) in [6, 6.07) is 12.5. The first-order chi connectivity index (χ1) is 17.5. The second-order valence-corrected chi connectivity index (χ2v) is 8.87. The number of nitriles is 1. The zero-order chi connectivity index (χ0) is 25.0. The Labute approximate surface area is 204 Å².